The van der Waals surface area contributed by atoms with Gasteiger partial charge in [0.05, 0.1) is 42.3 Å². The molecule has 0 bridgehead atoms. The third-order valence-corrected chi connectivity index (χ3v) is 24.8. The zero-order valence-corrected chi connectivity index (χ0v) is 47.4. The van der Waals surface area contributed by atoms with Gasteiger partial charge in [-0.25, -0.2) is 0 Å². The lowest BCUT2D eigenvalue weighted by atomic mass is 9.64. The summed E-state index contributed by atoms with van der Waals surface area (Å²) in [5.74, 6) is 11.9. The van der Waals surface area contributed by atoms with E-state index in [0.29, 0.717) is 107 Å². The number of hydrogen-bond acceptors (Lipinski definition) is 5. The van der Waals surface area contributed by atoms with E-state index < -0.39 is 0 Å². The van der Waals surface area contributed by atoms with Gasteiger partial charge in [-0.15, -0.1) is 11.8 Å². The van der Waals surface area contributed by atoms with E-state index in [1.54, 1.807) is 22.0 Å². The first-order chi connectivity index (χ1) is 38.1. The minimum absolute atomic E-state index is 0.396. The van der Waals surface area contributed by atoms with Gasteiger partial charge < -0.3 is 19.6 Å². The smallest absolute Gasteiger partial charge is 0.0603 e. The highest BCUT2D eigenvalue weighted by atomic mass is 32.2. The third-order valence-electron chi connectivity index (χ3n) is 23.2. The largest absolute Gasteiger partial charge is 0.361 e. The Morgan fingerprint density at radius 2 is 1.18 bits per heavy atom. The molecule has 21 unspecified atom stereocenters. The van der Waals surface area contributed by atoms with Gasteiger partial charge >= 0.3 is 0 Å². The number of likely N-dealkylation sites (tertiary alicyclic amines) is 4. The van der Waals surface area contributed by atoms with Crippen molar-refractivity contribution < 1.29 is 0 Å². The number of fused-ring (bicyclic) bond motifs is 11. The van der Waals surface area contributed by atoms with Crippen molar-refractivity contribution in [2.24, 2.45) is 71.0 Å². The van der Waals surface area contributed by atoms with Crippen LogP contribution >= 0.6 is 11.8 Å². The summed E-state index contributed by atoms with van der Waals surface area (Å²) in [5.41, 5.74) is 6.59. The molecule has 0 N–H and O–H groups in total. The van der Waals surface area contributed by atoms with Crippen molar-refractivity contribution in [1.82, 2.24) is 19.6 Å². The van der Waals surface area contributed by atoms with Crippen molar-refractivity contribution in [3.8, 4) is 12.0 Å². The van der Waals surface area contributed by atoms with Gasteiger partial charge in [0.25, 0.3) is 0 Å². The zero-order valence-electron chi connectivity index (χ0n) is 46.5. The summed E-state index contributed by atoms with van der Waals surface area (Å²) in [6, 6.07) is 8.24. The molecular formula is C72H88N4S. The average molecular weight is 1040 g/mol. The van der Waals surface area contributed by atoms with Gasteiger partial charge in [-0.05, 0) is 205 Å². The second kappa shape index (κ2) is 20.9. The summed E-state index contributed by atoms with van der Waals surface area (Å²) in [7, 11) is 0. The third kappa shape index (κ3) is 8.50. The molecule has 0 aromatic rings. The maximum Gasteiger partial charge on any atom is 0.0603 e. The SMILES string of the molecule is C/C=C\CCC1C2CCC=CC2N1C#CC1C(CC)SC2=CC=C(N3C4C=CC(C5C=C6C7CCC=CC7N(C7=CC=CCC7)C6CC5)CC4C4CC(C5C=CC6C(C5)C5CCC=CC5N6C5=CC=CCC5)C=CC43)CC21. The molecule has 5 saturated heterocycles. The van der Waals surface area contributed by atoms with Crippen LogP contribution in [0.5, 0.6) is 0 Å². The molecule has 77 heavy (non-hydrogen) atoms. The van der Waals surface area contributed by atoms with E-state index in [1.165, 1.54) is 109 Å². The molecule has 0 spiro atoms. The van der Waals surface area contributed by atoms with Crippen LogP contribution in [0.25, 0.3) is 0 Å². The molecule has 0 aromatic carbocycles. The Kier molecular flexibility index (Phi) is 13.4. The molecular weight excluding hydrogens is 953 g/mol. The molecule has 402 valence electrons. The molecule has 5 fully saturated rings. The van der Waals surface area contributed by atoms with Gasteiger partial charge in [-0.1, -0.05) is 134 Å². The van der Waals surface area contributed by atoms with Gasteiger partial charge in [0, 0.05) is 58.1 Å². The molecule has 0 amide bonds. The maximum absolute atomic E-state index is 4.11. The van der Waals surface area contributed by atoms with E-state index in [4.69, 9.17) is 0 Å². The molecule has 0 radical (unpaired) electrons. The summed E-state index contributed by atoms with van der Waals surface area (Å²) in [5, 5.41) is 0.565. The quantitative estimate of drug-likeness (QED) is 0.168. The molecule has 0 saturated carbocycles. The molecule has 5 heteroatoms. The Balaban J connectivity index is 0.728. The van der Waals surface area contributed by atoms with Crippen molar-refractivity contribution in [1.29, 1.82) is 0 Å². The van der Waals surface area contributed by atoms with Crippen LogP contribution in [0, 0.1) is 83.0 Å². The number of rotatable bonds is 9. The molecule has 15 aliphatic rings. The summed E-state index contributed by atoms with van der Waals surface area (Å²) in [4.78, 5) is 13.0. The fourth-order valence-corrected chi connectivity index (χ4v) is 21.1. The van der Waals surface area contributed by atoms with E-state index in [1.807, 2.05) is 5.57 Å². The van der Waals surface area contributed by atoms with Crippen LogP contribution in [-0.2, 0) is 0 Å². The summed E-state index contributed by atoms with van der Waals surface area (Å²) in [6.07, 6.45) is 82.6. The lowest BCUT2D eigenvalue weighted by Crippen LogP contribution is -2.61. The standard InChI is InChI=1S/C72H88N4S/c1-3-5-8-26-63-57-25-15-16-27-64(57)73(63)41-40-56-62-46-53(34-39-72(62)77-71(56)4-2)76-69-37-32-49(47-30-35-67-58(42-47)54-23-13-17-28-65(54)74(67)51-19-9-6-10-20-51)44-60(69)61-45-50(33-38-70(61)76)48-31-36-68-59(43-48)55-24-14-18-29-66(55)75(68)52-21-11-7-12-22-52/h3,5-7,9,11,16-19,21,27-30,32-35,37-39,43,47-50,54-58,60-71H,4,8,10,12-15,20,22-26,31,36,42,44-46H2,1-2H3/b5-3-. The molecule has 15 rings (SSSR count). The topological polar surface area (TPSA) is 13.0 Å². The van der Waals surface area contributed by atoms with Gasteiger partial charge in [0.15, 0.2) is 0 Å². The first-order valence-electron chi connectivity index (χ1n) is 31.9. The van der Waals surface area contributed by atoms with Crippen molar-refractivity contribution in [3.63, 3.8) is 0 Å². The van der Waals surface area contributed by atoms with Gasteiger partial charge in [0.1, 0.15) is 0 Å². The summed E-state index contributed by atoms with van der Waals surface area (Å²) < 4.78 is 0. The van der Waals surface area contributed by atoms with Crippen molar-refractivity contribution in [2.75, 3.05) is 0 Å². The Labute approximate surface area is 468 Å². The van der Waals surface area contributed by atoms with Gasteiger partial charge in [-0.2, -0.15) is 0 Å². The Bertz CT molecular complexity index is 2810. The van der Waals surface area contributed by atoms with Crippen LogP contribution < -0.4 is 0 Å². The molecule has 21 atom stereocenters. The fourth-order valence-electron chi connectivity index (χ4n) is 19.7. The predicted molar refractivity (Wildman–Crippen MR) is 320 cm³/mol. The maximum atomic E-state index is 4.11. The van der Waals surface area contributed by atoms with Crippen LogP contribution in [0.15, 0.2) is 167 Å². The van der Waals surface area contributed by atoms with E-state index in [0.717, 1.165) is 30.6 Å². The monoisotopic (exact) mass is 1040 g/mol. The van der Waals surface area contributed by atoms with Crippen molar-refractivity contribution in [3.05, 3.63) is 167 Å². The highest BCUT2D eigenvalue weighted by Crippen LogP contribution is 2.59. The number of allylic oxidation sites excluding steroid dienone is 21. The van der Waals surface area contributed by atoms with Crippen LogP contribution in [0.2, 0.25) is 0 Å². The van der Waals surface area contributed by atoms with Crippen molar-refractivity contribution in [2.45, 2.75) is 189 Å². The Morgan fingerprint density at radius 1 is 0.558 bits per heavy atom. The average Bonchev–Trinajstić information content (AvgIpc) is 4.30. The highest BCUT2D eigenvalue weighted by Gasteiger charge is 2.56. The predicted octanol–water partition coefficient (Wildman–Crippen LogP) is 15.7. The lowest BCUT2D eigenvalue weighted by molar-refractivity contribution is 0.00947. The summed E-state index contributed by atoms with van der Waals surface area (Å²) >= 11 is 2.17. The normalized spacial score (nSPS) is 44.4. The van der Waals surface area contributed by atoms with Gasteiger partial charge in [-0.3, -0.25) is 0 Å². The van der Waals surface area contributed by atoms with Gasteiger partial charge in [0.2, 0.25) is 0 Å². The molecule has 5 heterocycles. The van der Waals surface area contributed by atoms with E-state index in [2.05, 4.69) is 197 Å². The number of hydrogen-bond donors (Lipinski definition) is 0. The van der Waals surface area contributed by atoms with Crippen LogP contribution in [0.4, 0.5) is 0 Å². The fraction of sp³-hybridized carbons (Fsp3) is 0.583. The van der Waals surface area contributed by atoms with Crippen LogP contribution in [0.3, 0.4) is 0 Å². The lowest BCUT2D eigenvalue weighted by Gasteiger charge is -2.54. The first-order valence-corrected chi connectivity index (χ1v) is 32.8. The Morgan fingerprint density at radius 3 is 1.87 bits per heavy atom. The van der Waals surface area contributed by atoms with Crippen LogP contribution in [-0.4, -0.2) is 73.2 Å². The van der Waals surface area contributed by atoms with Crippen LogP contribution in [0.1, 0.15) is 136 Å². The first kappa shape index (κ1) is 49.5. The second-order valence-electron chi connectivity index (χ2n) is 26.6. The van der Waals surface area contributed by atoms with E-state index >= 15 is 0 Å². The molecule has 5 aliphatic heterocycles. The van der Waals surface area contributed by atoms with E-state index in [-0.39, 0.29) is 0 Å². The molecule has 10 aliphatic carbocycles. The second-order valence-corrected chi connectivity index (χ2v) is 28.0. The summed E-state index contributed by atoms with van der Waals surface area (Å²) in [6.45, 7) is 4.59. The van der Waals surface area contributed by atoms with E-state index in [9.17, 15) is 0 Å². The minimum atomic E-state index is 0.396. The highest BCUT2D eigenvalue weighted by molar-refractivity contribution is 8.04. The van der Waals surface area contributed by atoms with Crippen molar-refractivity contribution >= 4 is 11.8 Å². The Hall–Kier alpha value is -4.53. The molecule has 0 aromatic heterocycles. The molecule has 4 nitrogen and oxygen atoms in total. The number of thioether (sulfide) groups is 1. The minimum Gasteiger partial charge on any atom is -0.361 e. The zero-order chi connectivity index (χ0) is 51.1. The number of nitrogens with zero attached hydrogens (tertiary/aromatic N) is 4.